The van der Waals surface area contributed by atoms with E-state index >= 15 is 0 Å². The quantitative estimate of drug-likeness (QED) is 0.829. The van der Waals surface area contributed by atoms with Gasteiger partial charge in [0.15, 0.2) is 5.82 Å². The molecule has 1 saturated heterocycles. The van der Waals surface area contributed by atoms with E-state index in [0.29, 0.717) is 13.1 Å². The molecule has 1 aliphatic heterocycles. The summed E-state index contributed by atoms with van der Waals surface area (Å²) in [5.74, 6) is -0.766. The van der Waals surface area contributed by atoms with E-state index in [1.54, 1.807) is 36.9 Å². The van der Waals surface area contributed by atoms with Crippen molar-refractivity contribution in [3.8, 4) is 0 Å². The normalized spacial score (nSPS) is 18.1. The Morgan fingerprint density at radius 3 is 2.61 bits per heavy atom. The average molecular weight is 321 g/mol. The predicted octanol–water partition coefficient (Wildman–Crippen LogP) is -0.204. The summed E-state index contributed by atoms with van der Waals surface area (Å²) >= 11 is 0. The van der Waals surface area contributed by atoms with Crippen LogP contribution in [-0.2, 0) is 15.1 Å². The van der Waals surface area contributed by atoms with Crippen molar-refractivity contribution < 1.29 is 14.4 Å². The molecule has 8 heteroatoms. The number of amides is 3. The van der Waals surface area contributed by atoms with E-state index in [0.717, 1.165) is 6.42 Å². The molecule has 1 atom stereocenters. The predicted molar refractivity (Wildman–Crippen MR) is 83.5 cm³/mol. The first-order chi connectivity index (χ1) is 10.7. The van der Waals surface area contributed by atoms with Crippen molar-refractivity contribution >= 4 is 17.7 Å². The number of carbonyl (C=O) groups excluding carboxylic acids is 3. The third-order valence-electron chi connectivity index (χ3n) is 4.48. The Morgan fingerprint density at radius 2 is 2.04 bits per heavy atom. The summed E-state index contributed by atoms with van der Waals surface area (Å²) in [7, 11) is 1.74. The van der Waals surface area contributed by atoms with Crippen molar-refractivity contribution in [3.05, 3.63) is 18.2 Å². The van der Waals surface area contributed by atoms with Gasteiger partial charge in [-0.25, -0.2) is 4.98 Å². The third-order valence-corrected chi connectivity index (χ3v) is 4.48. The maximum absolute atomic E-state index is 12.9. The van der Waals surface area contributed by atoms with Crippen LogP contribution in [0.1, 0.15) is 37.8 Å². The van der Waals surface area contributed by atoms with Crippen molar-refractivity contribution in [3.63, 3.8) is 0 Å². The van der Waals surface area contributed by atoms with Gasteiger partial charge in [0.05, 0.1) is 6.04 Å². The van der Waals surface area contributed by atoms with Crippen molar-refractivity contribution in [1.82, 2.24) is 19.4 Å². The number of rotatable bonds is 4. The van der Waals surface area contributed by atoms with Crippen LogP contribution in [0, 0.1) is 0 Å². The van der Waals surface area contributed by atoms with Crippen LogP contribution in [0.15, 0.2) is 12.4 Å². The molecule has 2 rings (SSSR count). The highest BCUT2D eigenvalue weighted by atomic mass is 16.2. The van der Waals surface area contributed by atoms with Gasteiger partial charge in [0, 0.05) is 39.5 Å². The Bertz CT molecular complexity index is 637. The second-order valence-electron chi connectivity index (χ2n) is 6.37. The monoisotopic (exact) mass is 321 g/mol. The van der Waals surface area contributed by atoms with Gasteiger partial charge in [-0.05, 0) is 20.3 Å². The highest BCUT2D eigenvalue weighted by Crippen LogP contribution is 2.24. The summed E-state index contributed by atoms with van der Waals surface area (Å²) in [6.45, 7) is 6.03. The van der Waals surface area contributed by atoms with E-state index in [1.807, 2.05) is 0 Å². The standard InChI is InChI=1S/C15H23N5O3/c1-10(21)18(4)11-5-7-19(9-11)14(23)15(2,3)20-8-6-17-13(20)12(16)22/h6,8,11H,5,7,9H2,1-4H3,(H2,16,22). The van der Waals surface area contributed by atoms with Crippen LogP contribution < -0.4 is 5.73 Å². The fourth-order valence-corrected chi connectivity index (χ4v) is 2.93. The van der Waals surface area contributed by atoms with E-state index in [-0.39, 0.29) is 23.7 Å². The average Bonchev–Trinajstić information content (AvgIpc) is 3.14. The number of carbonyl (C=O) groups is 3. The van der Waals surface area contributed by atoms with Gasteiger partial charge in [-0.3, -0.25) is 14.4 Å². The number of hydrogen-bond acceptors (Lipinski definition) is 4. The minimum absolute atomic E-state index is 0.0191. The van der Waals surface area contributed by atoms with Gasteiger partial charge in [0.25, 0.3) is 5.91 Å². The third kappa shape index (κ3) is 3.06. The van der Waals surface area contributed by atoms with Crippen molar-refractivity contribution in [1.29, 1.82) is 0 Å². The van der Waals surface area contributed by atoms with Gasteiger partial charge in [-0.2, -0.15) is 0 Å². The molecule has 1 aliphatic rings. The summed E-state index contributed by atoms with van der Waals surface area (Å²) < 4.78 is 1.50. The van der Waals surface area contributed by atoms with Gasteiger partial charge in [0.2, 0.25) is 11.8 Å². The topological polar surface area (TPSA) is 102 Å². The molecule has 0 aliphatic carbocycles. The lowest BCUT2D eigenvalue weighted by Crippen LogP contribution is -2.48. The maximum atomic E-state index is 12.9. The number of nitrogens with two attached hydrogens (primary N) is 1. The number of aromatic nitrogens is 2. The number of likely N-dealkylation sites (N-methyl/N-ethyl adjacent to an activating group) is 1. The molecule has 8 nitrogen and oxygen atoms in total. The fourth-order valence-electron chi connectivity index (χ4n) is 2.93. The zero-order valence-electron chi connectivity index (χ0n) is 13.9. The molecular formula is C15H23N5O3. The smallest absolute Gasteiger partial charge is 0.284 e. The summed E-state index contributed by atoms with van der Waals surface area (Å²) in [6, 6.07) is 0.0191. The maximum Gasteiger partial charge on any atom is 0.284 e. The first kappa shape index (κ1) is 17.0. The van der Waals surface area contributed by atoms with Crippen LogP contribution in [0.2, 0.25) is 0 Å². The van der Waals surface area contributed by atoms with Crippen molar-refractivity contribution in [2.24, 2.45) is 5.73 Å². The van der Waals surface area contributed by atoms with Crippen molar-refractivity contribution in [2.75, 3.05) is 20.1 Å². The summed E-state index contributed by atoms with van der Waals surface area (Å²) in [4.78, 5) is 43.1. The minimum atomic E-state index is -0.982. The van der Waals surface area contributed by atoms with Gasteiger partial charge < -0.3 is 20.1 Å². The molecule has 1 unspecified atom stereocenters. The first-order valence-electron chi connectivity index (χ1n) is 7.52. The Morgan fingerprint density at radius 1 is 1.39 bits per heavy atom. The van der Waals surface area contributed by atoms with E-state index < -0.39 is 11.4 Å². The molecule has 1 aromatic rings. The van der Waals surface area contributed by atoms with Crippen molar-refractivity contribution in [2.45, 2.75) is 38.8 Å². The molecule has 2 N–H and O–H groups in total. The number of likely N-dealkylation sites (tertiary alicyclic amines) is 1. The molecule has 0 spiro atoms. The Hall–Kier alpha value is -2.38. The van der Waals surface area contributed by atoms with Gasteiger partial charge in [-0.15, -0.1) is 0 Å². The van der Waals surface area contributed by atoms with E-state index in [4.69, 9.17) is 5.73 Å². The van der Waals surface area contributed by atoms with Crippen LogP contribution in [0.25, 0.3) is 0 Å². The number of imidazole rings is 1. The summed E-state index contributed by atoms with van der Waals surface area (Å²) in [5, 5.41) is 0. The van der Waals surface area contributed by atoms with Crippen LogP contribution in [0.4, 0.5) is 0 Å². The molecule has 0 saturated carbocycles. The second-order valence-corrected chi connectivity index (χ2v) is 6.37. The molecule has 0 aromatic carbocycles. The van der Waals surface area contributed by atoms with E-state index in [1.165, 1.54) is 17.7 Å². The molecule has 1 aromatic heterocycles. The Kier molecular flexibility index (Phi) is 4.44. The lowest BCUT2D eigenvalue weighted by atomic mass is 10.0. The highest BCUT2D eigenvalue weighted by molar-refractivity contribution is 5.91. The SMILES string of the molecule is CC(=O)N(C)C1CCN(C(=O)C(C)(C)n2ccnc2C(N)=O)C1. The highest BCUT2D eigenvalue weighted by Gasteiger charge is 2.39. The largest absolute Gasteiger partial charge is 0.363 e. The zero-order chi connectivity index (χ0) is 17.4. The van der Waals surface area contributed by atoms with Crippen LogP contribution >= 0.6 is 0 Å². The molecule has 126 valence electrons. The molecule has 1 fully saturated rings. The van der Waals surface area contributed by atoms with E-state index in [9.17, 15) is 14.4 Å². The Balaban J connectivity index is 2.18. The number of primary amides is 1. The number of hydrogen-bond donors (Lipinski definition) is 1. The minimum Gasteiger partial charge on any atom is -0.363 e. The first-order valence-corrected chi connectivity index (χ1v) is 7.52. The molecular weight excluding hydrogens is 298 g/mol. The molecule has 0 radical (unpaired) electrons. The van der Waals surface area contributed by atoms with Crippen LogP contribution in [-0.4, -0.2) is 63.3 Å². The lowest BCUT2D eigenvalue weighted by Gasteiger charge is -2.32. The lowest BCUT2D eigenvalue weighted by molar-refractivity contribution is -0.139. The fraction of sp³-hybridized carbons (Fsp3) is 0.600. The number of nitrogens with zero attached hydrogens (tertiary/aromatic N) is 4. The summed E-state index contributed by atoms with van der Waals surface area (Å²) in [5.41, 5.74) is 4.33. The zero-order valence-corrected chi connectivity index (χ0v) is 13.9. The van der Waals surface area contributed by atoms with Crippen LogP contribution in [0.3, 0.4) is 0 Å². The Labute approximate surface area is 135 Å². The van der Waals surface area contributed by atoms with E-state index in [2.05, 4.69) is 4.98 Å². The van der Waals surface area contributed by atoms with Gasteiger partial charge in [-0.1, -0.05) is 0 Å². The van der Waals surface area contributed by atoms with Gasteiger partial charge >= 0.3 is 0 Å². The molecule has 23 heavy (non-hydrogen) atoms. The molecule has 3 amide bonds. The second kappa shape index (κ2) is 6.02. The van der Waals surface area contributed by atoms with Crippen LogP contribution in [0.5, 0.6) is 0 Å². The molecule has 0 bridgehead atoms. The summed E-state index contributed by atoms with van der Waals surface area (Å²) in [6.07, 6.45) is 3.77. The molecule has 2 heterocycles. The van der Waals surface area contributed by atoms with Gasteiger partial charge in [0.1, 0.15) is 5.54 Å².